The number of piperidine rings is 1. The number of pyridine rings is 1. The highest BCUT2D eigenvalue weighted by molar-refractivity contribution is 5.56. The van der Waals surface area contributed by atoms with E-state index in [-0.39, 0.29) is 0 Å². The van der Waals surface area contributed by atoms with Crippen LogP contribution < -0.4 is 10.2 Å². The average molecular weight is 259 g/mol. The second kappa shape index (κ2) is 5.81. The quantitative estimate of drug-likeness (QED) is 0.897. The Kier molecular flexibility index (Phi) is 3.90. The molecule has 1 N–H and O–H groups in total. The zero-order chi connectivity index (χ0) is 13.1. The molecule has 1 saturated carbocycles. The van der Waals surface area contributed by atoms with Crippen LogP contribution in [-0.4, -0.2) is 24.1 Å². The molecule has 0 bridgehead atoms. The molecular formula is C16H25N3. The third-order valence-electron chi connectivity index (χ3n) is 4.68. The van der Waals surface area contributed by atoms with Gasteiger partial charge in [0, 0.05) is 19.1 Å². The molecule has 3 rings (SSSR count). The van der Waals surface area contributed by atoms with E-state index in [0.717, 1.165) is 24.2 Å². The average Bonchev–Trinajstić information content (AvgIpc) is 2.47. The Morgan fingerprint density at radius 3 is 2.95 bits per heavy atom. The van der Waals surface area contributed by atoms with E-state index >= 15 is 0 Å². The predicted molar refractivity (Wildman–Crippen MR) is 80.7 cm³/mol. The van der Waals surface area contributed by atoms with Crippen molar-refractivity contribution in [3.05, 3.63) is 18.5 Å². The minimum absolute atomic E-state index is 0.765. The van der Waals surface area contributed by atoms with Gasteiger partial charge in [0.25, 0.3) is 0 Å². The molecule has 3 nitrogen and oxygen atoms in total. The maximum atomic E-state index is 4.41. The third-order valence-corrected chi connectivity index (χ3v) is 4.68. The summed E-state index contributed by atoms with van der Waals surface area (Å²) in [6.45, 7) is 4.29. The minimum Gasteiger partial charge on any atom is -0.384 e. The summed E-state index contributed by atoms with van der Waals surface area (Å²) in [5.41, 5.74) is 2.47. The van der Waals surface area contributed by atoms with Gasteiger partial charge in [0.05, 0.1) is 23.8 Å². The number of aromatic nitrogens is 1. The van der Waals surface area contributed by atoms with Gasteiger partial charge < -0.3 is 10.2 Å². The van der Waals surface area contributed by atoms with E-state index in [1.54, 1.807) is 0 Å². The summed E-state index contributed by atoms with van der Waals surface area (Å²) in [5.74, 6) is 0.922. The van der Waals surface area contributed by atoms with Crippen LogP contribution in [-0.2, 0) is 0 Å². The fourth-order valence-corrected chi connectivity index (χ4v) is 3.83. The van der Waals surface area contributed by atoms with Crippen molar-refractivity contribution >= 4 is 11.4 Å². The summed E-state index contributed by atoms with van der Waals surface area (Å²) in [7, 11) is 0. The van der Waals surface area contributed by atoms with Gasteiger partial charge in [-0.15, -0.1) is 0 Å². The number of hydrogen-bond acceptors (Lipinski definition) is 3. The Morgan fingerprint density at radius 2 is 2.05 bits per heavy atom. The van der Waals surface area contributed by atoms with Crippen LogP contribution >= 0.6 is 0 Å². The van der Waals surface area contributed by atoms with Crippen LogP contribution in [0, 0.1) is 5.92 Å². The Hall–Kier alpha value is -1.25. The van der Waals surface area contributed by atoms with Gasteiger partial charge in [0.1, 0.15) is 0 Å². The Bertz CT molecular complexity index is 416. The Balaban J connectivity index is 1.81. The summed E-state index contributed by atoms with van der Waals surface area (Å²) >= 11 is 0. The van der Waals surface area contributed by atoms with E-state index in [4.69, 9.17) is 0 Å². The summed E-state index contributed by atoms with van der Waals surface area (Å²) < 4.78 is 0. The van der Waals surface area contributed by atoms with E-state index in [9.17, 15) is 0 Å². The van der Waals surface area contributed by atoms with Crippen LogP contribution in [0.3, 0.4) is 0 Å². The Morgan fingerprint density at radius 1 is 1.21 bits per heavy atom. The molecule has 0 amide bonds. The van der Waals surface area contributed by atoms with Gasteiger partial charge in [-0.25, -0.2) is 0 Å². The number of nitrogens with one attached hydrogen (secondary N) is 1. The number of rotatable bonds is 3. The third kappa shape index (κ3) is 2.70. The minimum atomic E-state index is 0.765. The lowest BCUT2D eigenvalue weighted by Crippen LogP contribution is -2.46. The summed E-state index contributed by atoms with van der Waals surface area (Å²) in [6.07, 6.45) is 12.4. The molecule has 1 aromatic heterocycles. The molecule has 3 heteroatoms. The Labute approximate surface area is 116 Å². The zero-order valence-electron chi connectivity index (χ0n) is 11.9. The molecule has 2 unspecified atom stereocenters. The van der Waals surface area contributed by atoms with Crippen molar-refractivity contribution < 1.29 is 0 Å². The lowest BCUT2D eigenvalue weighted by Gasteiger charge is -2.45. The lowest BCUT2D eigenvalue weighted by atomic mass is 9.78. The largest absolute Gasteiger partial charge is 0.384 e. The topological polar surface area (TPSA) is 28.2 Å². The van der Waals surface area contributed by atoms with Crippen molar-refractivity contribution in [3.63, 3.8) is 0 Å². The molecule has 1 aliphatic heterocycles. The fraction of sp³-hybridized carbons (Fsp3) is 0.688. The molecule has 0 spiro atoms. The van der Waals surface area contributed by atoms with Gasteiger partial charge in [-0.3, -0.25) is 4.98 Å². The summed E-state index contributed by atoms with van der Waals surface area (Å²) in [5, 5.41) is 3.37. The molecule has 1 aromatic rings. The lowest BCUT2D eigenvalue weighted by molar-refractivity contribution is 0.244. The molecule has 2 atom stereocenters. The highest BCUT2D eigenvalue weighted by atomic mass is 15.2. The van der Waals surface area contributed by atoms with Crippen molar-refractivity contribution in [2.75, 3.05) is 23.3 Å². The molecule has 0 radical (unpaired) electrons. The maximum Gasteiger partial charge on any atom is 0.0576 e. The maximum absolute atomic E-state index is 4.41. The van der Waals surface area contributed by atoms with Crippen LogP contribution in [0.4, 0.5) is 11.4 Å². The number of hydrogen-bond donors (Lipinski definition) is 1. The van der Waals surface area contributed by atoms with Gasteiger partial charge in [0.15, 0.2) is 0 Å². The summed E-state index contributed by atoms with van der Waals surface area (Å²) in [4.78, 5) is 7.04. The smallest absolute Gasteiger partial charge is 0.0576 e. The SMILES string of the molecule is CCNc1cncc(N2CCCC3CCCCC32)c1. The van der Waals surface area contributed by atoms with Crippen LogP contribution in [0.2, 0.25) is 0 Å². The normalized spacial score (nSPS) is 26.9. The monoisotopic (exact) mass is 259 g/mol. The van der Waals surface area contributed by atoms with Gasteiger partial charge in [-0.05, 0) is 44.6 Å². The van der Waals surface area contributed by atoms with Crippen LogP contribution in [0.25, 0.3) is 0 Å². The van der Waals surface area contributed by atoms with E-state index < -0.39 is 0 Å². The molecule has 19 heavy (non-hydrogen) atoms. The molecule has 104 valence electrons. The molecule has 0 aromatic carbocycles. The first-order chi connectivity index (χ1) is 9.38. The van der Waals surface area contributed by atoms with Crippen molar-refractivity contribution in [1.29, 1.82) is 0 Å². The van der Waals surface area contributed by atoms with Gasteiger partial charge >= 0.3 is 0 Å². The van der Waals surface area contributed by atoms with Crippen molar-refractivity contribution in [2.45, 2.75) is 51.5 Å². The standard InChI is InChI=1S/C16H25N3/c1-2-18-14-10-15(12-17-11-14)19-9-5-7-13-6-3-4-8-16(13)19/h10-13,16,18H,2-9H2,1H3. The predicted octanol–water partition coefficient (Wildman–Crippen LogP) is 3.67. The number of anilines is 2. The van der Waals surface area contributed by atoms with E-state index in [0.29, 0.717) is 0 Å². The van der Waals surface area contributed by atoms with Crippen LogP contribution in [0.1, 0.15) is 45.4 Å². The highest BCUT2D eigenvalue weighted by Gasteiger charge is 2.33. The second-order valence-electron chi connectivity index (χ2n) is 5.91. The van der Waals surface area contributed by atoms with Crippen LogP contribution in [0.5, 0.6) is 0 Å². The van der Waals surface area contributed by atoms with Crippen molar-refractivity contribution in [1.82, 2.24) is 4.98 Å². The van der Waals surface area contributed by atoms with E-state index in [1.165, 1.54) is 50.8 Å². The molecular weight excluding hydrogens is 234 g/mol. The zero-order valence-corrected chi connectivity index (χ0v) is 11.9. The summed E-state index contributed by atoms with van der Waals surface area (Å²) in [6, 6.07) is 3.04. The second-order valence-corrected chi connectivity index (χ2v) is 5.91. The highest BCUT2D eigenvalue weighted by Crippen LogP contribution is 2.37. The van der Waals surface area contributed by atoms with Gasteiger partial charge in [-0.1, -0.05) is 12.8 Å². The van der Waals surface area contributed by atoms with E-state index in [2.05, 4.69) is 28.2 Å². The molecule has 2 aliphatic rings. The van der Waals surface area contributed by atoms with E-state index in [1.807, 2.05) is 12.4 Å². The molecule has 2 fully saturated rings. The molecule has 1 saturated heterocycles. The van der Waals surface area contributed by atoms with Crippen molar-refractivity contribution in [2.24, 2.45) is 5.92 Å². The molecule has 2 heterocycles. The molecule has 1 aliphatic carbocycles. The number of nitrogens with zero attached hydrogens (tertiary/aromatic N) is 2. The first kappa shape index (κ1) is 12.8. The number of fused-ring (bicyclic) bond motifs is 1. The van der Waals surface area contributed by atoms with Crippen LogP contribution in [0.15, 0.2) is 18.5 Å². The van der Waals surface area contributed by atoms with Gasteiger partial charge in [0.2, 0.25) is 0 Å². The first-order valence-corrected chi connectivity index (χ1v) is 7.84. The first-order valence-electron chi connectivity index (χ1n) is 7.84. The van der Waals surface area contributed by atoms with Crippen molar-refractivity contribution in [3.8, 4) is 0 Å². The fourth-order valence-electron chi connectivity index (χ4n) is 3.83. The van der Waals surface area contributed by atoms with Gasteiger partial charge in [-0.2, -0.15) is 0 Å².